The molecule has 0 bridgehead atoms. The summed E-state index contributed by atoms with van der Waals surface area (Å²) < 4.78 is 2.01. The van der Waals surface area contributed by atoms with Crippen molar-refractivity contribution in [2.45, 2.75) is 51.2 Å². The maximum Gasteiger partial charge on any atom is 0.183 e. The van der Waals surface area contributed by atoms with Crippen molar-refractivity contribution in [3.63, 3.8) is 0 Å². The maximum atomic E-state index is 10.6. The summed E-state index contributed by atoms with van der Waals surface area (Å²) in [5.74, 6) is 0.329. The van der Waals surface area contributed by atoms with Gasteiger partial charge in [-0.3, -0.25) is 0 Å². The first-order valence-corrected chi connectivity index (χ1v) is 8.71. The topological polar surface area (TPSA) is 84.1 Å². The minimum Gasteiger partial charge on any atom is -0.507 e. The number of imidazole rings is 1. The van der Waals surface area contributed by atoms with Crippen molar-refractivity contribution >= 4 is 11.2 Å². The van der Waals surface area contributed by atoms with Crippen molar-refractivity contribution in [1.82, 2.24) is 19.7 Å². The molecule has 0 spiro atoms. The summed E-state index contributed by atoms with van der Waals surface area (Å²) in [6.07, 6.45) is 5.13. The molecule has 1 fully saturated rings. The highest BCUT2D eigenvalue weighted by atomic mass is 16.3. The second-order valence-corrected chi connectivity index (χ2v) is 7.66. The molecule has 1 saturated carbocycles. The molecular formula is C19H20N4O2. The summed E-state index contributed by atoms with van der Waals surface area (Å²) in [5.41, 5.74) is 5.53. The monoisotopic (exact) mass is 336 g/mol. The smallest absolute Gasteiger partial charge is 0.183 e. The molecular weight excluding hydrogens is 316 g/mol. The van der Waals surface area contributed by atoms with E-state index in [1.54, 1.807) is 6.33 Å². The van der Waals surface area contributed by atoms with Gasteiger partial charge >= 0.3 is 0 Å². The van der Waals surface area contributed by atoms with E-state index in [1.807, 2.05) is 24.5 Å². The van der Waals surface area contributed by atoms with Gasteiger partial charge in [0, 0.05) is 17.2 Å². The van der Waals surface area contributed by atoms with E-state index in [-0.39, 0.29) is 6.04 Å². The van der Waals surface area contributed by atoms with Crippen molar-refractivity contribution < 1.29 is 10.2 Å². The second kappa shape index (κ2) is 4.79. The van der Waals surface area contributed by atoms with E-state index in [0.717, 1.165) is 40.7 Å². The normalized spacial score (nSPS) is 24.7. The Hall–Kier alpha value is -2.47. The minimum absolute atomic E-state index is 0.212. The lowest BCUT2D eigenvalue weighted by Gasteiger charge is -2.41. The van der Waals surface area contributed by atoms with Crippen molar-refractivity contribution in [3.05, 3.63) is 35.2 Å². The van der Waals surface area contributed by atoms with Gasteiger partial charge in [0.15, 0.2) is 5.65 Å². The van der Waals surface area contributed by atoms with Crippen molar-refractivity contribution in [2.75, 3.05) is 0 Å². The fraction of sp³-hybridized carbons (Fsp3) is 0.421. The van der Waals surface area contributed by atoms with E-state index in [9.17, 15) is 10.2 Å². The zero-order chi connectivity index (χ0) is 17.3. The van der Waals surface area contributed by atoms with Crippen LogP contribution in [0.25, 0.3) is 22.4 Å². The maximum absolute atomic E-state index is 10.6. The number of aryl methyl sites for hydroxylation is 2. The molecule has 3 aromatic rings. The summed E-state index contributed by atoms with van der Waals surface area (Å²) >= 11 is 0. The summed E-state index contributed by atoms with van der Waals surface area (Å²) in [7, 11) is 0. The molecule has 0 amide bonds. The van der Waals surface area contributed by atoms with Crippen LogP contribution in [-0.4, -0.2) is 35.6 Å². The zero-order valence-electron chi connectivity index (χ0n) is 14.3. The van der Waals surface area contributed by atoms with E-state index in [0.29, 0.717) is 24.3 Å². The highest BCUT2D eigenvalue weighted by molar-refractivity contribution is 5.83. The van der Waals surface area contributed by atoms with Crippen molar-refractivity contribution in [2.24, 2.45) is 0 Å². The van der Waals surface area contributed by atoms with Crippen LogP contribution >= 0.6 is 0 Å². The van der Waals surface area contributed by atoms with E-state index in [4.69, 9.17) is 0 Å². The molecule has 0 unspecified atom stereocenters. The molecule has 128 valence electrons. The number of rotatable bonds is 2. The Kier molecular flexibility index (Phi) is 2.84. The quantitative estimate of drug-likeness (QED) is 0.752. The standard InChI is InChI=1S/C19H20N4O2/c1-10-15(14-6-4-11-3-5-13(11)17(14)24)21-22-18-16(10)20-9-23(18)12-7-19(2,25)8-12/h4,6,9,12,24-25H,3,5,7-8H2,1-2H3. The molecule has 25 heavy (non-hydrogen) atoms. The van der Waals surface area contributed by atoms with Gasteiger partial charge in [-0.15, -0.1) is 10.2 Å². The largest absolute Gasteiger partial charge is 0.507 e. The van der Waals surface area contributed by atoms with Crippen LogP contribution in [0.4, 0.5) is 0 Å². The predicted octanol–water partition coefficient (Wildman–Crippen LogP) is 2.69. The second-order valence-electron chi connectivity index (χ2n) is 7.66. The number of aliphatic hydroxyl groups is 1. The molecule has 2 N–H and O–H groups in total. The van der Waals surface area contributed by atoms with E-state index >= 15 is 0 Å². The number of aromatic nitrogens is 4. The van der Waals surface area contributed by atoms with Crippen LogP contribution < -0.4 is 0 Å². The first-order valence-electron chi connectivity index (χ1n) is 8.71. The van der Waals surface area contributed by atoms with Crippen LogP contribution in [0.3, 0.4) is 0 Å². The molecule has 0 saturated heterocycles. The average molecular weight is 336 g/mol. The molecule has 0 atom stereocenters. The van der Waals surface area contributed by atoms with Gasteiger partial charge in [0.2, 0.25) is 0 Å². The summed E-state index contributed by atoms with van der Waals surface area (Å²) in [4.78, 5) is 4.54. The van der Waals surface area contributed by atoms with E-state index in [1.165, 1.54) is 5.56 Å². The average Bonchev–Trinajstić information content (AvgIpc) is 2.92. The highest BCUT2D eigenvalue weighted by Gasteiger charge is 2.40. The molecule has 2 heterocycles. The van der Waals surface area contributed by atoms with Crippen LogP contribution in [-0.2, 0) is 12.8 Å². The lowest BCUT2D eigenvalue weighted by Crippen LogP contribution is -2.41. The van der Waals surface area contributed by atoms with Gasteiger partial charge in [-0.2, -0.15) is 0 Å². The third kappa shape index (κ3) is 2.03. The number of aromatic hydroxyl groups is 1. The molecule has 2 aliphatic carbocycles. The van der Waals surface area contributed by atoms with Gasteiger partial charge < -0.3 is 14.8 Å². The van der Waals surface area contributed by atoms with Gasteiger partial charge in [0.1, 0.15) is 17.0 Å². The number of fused-ring (bicyclic) bond motifs is 2. The lowest BCUT2D eigenvalue weighted by atomic mass is 9.77. The highest BCUT2D eigenvalue weighted by Crippen LogP contribution is 2.43. The number of benzene rings is 1. The Balaban J connectivity index is 1.60. The molecule has 6 nitrogen and oxygen atoms in total. The molecule has 2 aliphatic rings. The number of hydrogen-bond acceptors (Lipinski definition) is 5. The lowest BCUT2D eigenvalue weighted by molar-refractivity contribution is -0.0499. The van der Waals surface area contributed by atoms with E-state index in [2.05, 4.69) is 21.2 Å². The molecule has 6 heteroatoms. The van der Waals surface area contributed by atoms with Gasteiger partial charge in [-0.05, 0) is 56.7 Å². The fourth-order valence-corrected chi connectivity index (χ4v) is 4.14. The Labute approximate surface area is 145 Å². The number of hydrogen-bond donors (Lipinski definition) is 2. The molecule has 1 aromatic carbocycles. The van der Waals surface area contributed by atoms with Crippen LogP contribution in [0, 0.1) is 6.92 Å². The van der Waals surface area contributed by atoms with Crippen molar-refractivity contribution in [1.29, 1.82) is 0 Å². The number of phenols is 1. The Bertz CT molecular complexity index is 1010. The Morgan fingerprint density at radius 1 is 1.20 bits per heavy atom. The fourth-order valence-electron chi connectivity index (χ4n) is 4.14. The Morgan fingerprint density at radius 2 is 2.00 bits per heavy atom. The number of nitrogens with zero attached hydrogens (tertiary/aromatic N) is 4. The molecule has 5 rings (SSSR count). The van der Waals surface area contributed by atoms with Gasteiger partial charge in [-0.1, -0.05) is 6.07 Å². The first-order chi connectivity index (χ1) is 11.9. The van der Waals surface area contributed by atoms with Crippen LogP contribution in [0.1, 0.15) is 42.5 Å². The summed E-state index contributed by atoms with van der Waals surface area (Å²) in [6, 6.07) is 4.20. The SMILES string of the molecule is Cc1c(-c2ccc3c(c2O)CC3)nnc2c1ncn2C1CC(C)(O)C1. The predicted molar refractivity (Wildman–Crippen MR) is 93.5 cm³/mol. The summed E-state index contributed by atoms with van der Waals surface area (Å²) in [5, 5.41) is 29.4. The Morgan fingerprint density at radius 3 is 2.68 bits per heavy atom. The zero-order valence-corrected chi connectivity index (χ0v) is 14.3. The van der Waals surface area contributed by atoms with Gasteiger partial charge in [-0.25, -0.2) is 4.98 Å². The van der Waals surface area contributed by atoms with Gasteiger partial charge in [0.05, 0.1) is 11.9 Å². The summed E-state index contributed by atoms with van der Waals surface area (Å²) in [6.45, 7) is 3.82. The third-order valence-electron chi connectivity index (χ3n) is 5.75. The van der Waals surface area contributed by atoms with Crippen LogP contribution in [0.2, 0.25) is 0 Å². The number of phenolic OH excluding ortho intramolecular Hbond substituents is 1. The van der Waals surface area contributed by atoms with Crippen LogP contribution in [0.5, 0.6) is 5.75 Å². The van der Waals surface area contributed by atoms with Crippen LogP contribution in [0.15, 0.2) is 18.5 Å². The molecule has 2 aromatic heterocycles. The molecule has 0 radical (unpaired) electrons. The van der Waals surface area contributed by atoms with E-state index < -0.39 is 5.60 Å². The minimum atomic E-state index is -0.596. The molecule has 0 aliphatic heterocycles. The first kappa shape index (κ1) is 14.8. The van der Waals surface area contributed by atoms with Gasteiger partial charge in [0.25, 0.3) is 0 Å². The van der Waals surface area contributed by atoms with Crippen molar-refractivity contribution in [3.8, 4) is 17.0 Å². The third-order valence-corrected chi connectivity index (χ3v) is 5.75.